The molecule has 0 saturated heterocycles. The van der Waals surface area contributed by atoms with Crippen LogP contribution in [-0.2, 0) is 0 Å². The molecule has 0 fully saturated rings. The van der Waals surface area contributed by atoms with Crippen molar-refractivity contribution < 1.29 is 4.42 Å². The fraction of sp³-hybridized carbons (Fsp3) is 0. The smallest absolute Gasteiger partial charge is 0.379 e. The quantitative estimate of drug-likeness (QED) is 0.621. The second kappa shape index (κ2) is 2.34. The molecule has 1 heterocycles. The molecule has 0 aliphatic rings. The van der Waals surface area contributed by atoms with Crippen molar-refractivity contribution in [3.63, 3.8) is 0 Å². The zero-order valence-electron chi connectivity index (χ0n) is 6.15. The van der Waals surface area contributed by atoms with Crippen LogP contribution in [0.15, 0.2) is 33.5 Å². The van der Waals surface area contributed by atoms with Crippen molar-refractivity contribution >= 4 is 16.9 Å². The molecule has 2 rings (SSSR count). The zero-order chi connectivity index (χ0) is 8.55. The summed E-state index contributed by atoms with van der Waals surface area (Å²) >= 11 is 0. The van der Waals surface area contributed by atoms with E-state index in [1.54, 1.807) is 24.3 Å². The molecule has 4 nitrogen and oxygen atoms in total. The number of benzene rings is 1. The molecule has 0 amide bonds. The van der Waals surface area contributed by atoms with E-state index >= 15 is 0 Å². The number of hydrogen-bond donors (Lipinski definition) is 1. The molecule has 0 bridgehead atoms. The minimum absolute atomic E-state index is 0.103. The molecule has 0 spiro atoms. The van der Waals surface area contributed by atoms with Gasteiger partial charge in [-0.3, -0.25) is 0 Å². The molecule has 0 aliphatic heterocycles. The SMILES string of the molecule is Nc1nc2ccccc2oc1=O. The predicted octanol–water partition coefficient (Wildman–Crippen LogP) is 0.770. The Morgan fingerprint density at radius 2 is 2.08 bits per heavy atom. The normalized spacial score (nSPS) is 10.3. The summed E-state index contributed by atoms with van der Waals surface area (Å²) < 4.78 is 4.85. The summed E-state index contributed by atoms with van der Waals surface area (Å²) in [6.07, 6.45) is 0. The van der Waals surface area contributed by atoms with E-state index in [9.17, 15) is 4.79 Å². The Morgan fingerprint density at radius 1 is 1.33 bits per heavy atom. The van der Waals surface area contributed by atoms with Gasteiger partial charge in [0, 0.05) is 0 Å². The van der Waals surface area contributed by atoms with Crippen LogP contribution in [0.5, 0.6) is 0 Å². The molecule has 1 aromatic heterocycles. The molecule has 2 N–H and O–H groups in total. The van der Waals surface area contributed by atoms with E-state index in [-0.39, 0.29) is 5.82 Å². The summed E-state index contributed by atoms with van der Waals surface area (Å²) in [5.41, 5.74) is 5.73. The Kier molecular flexibility index (Phi) is 1.33. The number of para-hydroxylation sites is 2. The van der Waals surface area contributed by atoms with Gasteiger partial charge in [0.05, 0.1) is 0 Å². The number of aromatic nitrogens is 1. The summed E-state index contributed by atoms with van der Waals surface area (Å²) in [7, 11) is 0. The fourth-order valence-corrected chi connectivity index (χ4v) is 0.963. The summed E-state index contributed by atoms with van der Waals surface area (Å²) in [4.78, 5) is 14.7. The average molecular weight is 162 g/mol. The zero-order valence-corrected chi connectivity index (χ0v) is 6.15. The van der Waals surface area contributed by atoms with Gasteiger partial charge in [-0.15, -0.1) is 0 Å². The minimum Gasteiger partial charge on any atom is -0.418 e. The molecule has 0 radical (unpaired) electrons. The van der Waals surface area contributed by atoms with E-state index in [0.717, 1.165) is 0 Å². The van der Waals surface area contributed by atoms with Crippen LogP contribution in [0.25, 0.3) is 11.1 Å². The van der Waals surface area contributed by atoms with E-state index in [1.807, 2.05) is 0 Å². The second-order valence-corrected chi connectivity index (χ2v) is 2.35. The molecule has 60 valence electrons. The van der Waals surface area contributed by atoms with Crippen LogP contribution in [0.4, 0.5) is 5.82 Å². The van der Waals surface area contributed by atoms with E-state index in [4.69, 9.17) is 10.2 Å². The number of rotatable bonds is 0. The highest BCUT2D eigenvalue weighted by molar-refractivity contribution is 5.72. The molecular formula is C8H6N2O2. The number of nitrogens with zero attached hydrogens (tertiary/aromatic N) is 1. The number of fused-ring (bicyclic) bond motifs is 1. The van der Waals surface area contributed by atoms with Crippen LogP contribution >= 0.6 is 0 Å². The third-order valence-electron chi connectivity index (χ3n) is 1.52. The van der Waals surface area contributed by atoms with Gasteiger partial charge in [0.1, 0.15) is 5.52 Å². The number of hydrogen-bond acceptors (Lipinski definition) is 4. The maximum atomic E-state index is 10.9. The molecule has 0 atom stereocenters. The Bertz CT molecular complexity index is 476. The molecule has 0 aliphatic carbocycles. The molecule has 0 unspecified atom stereocenters. The van der Waals surface area contributed by atoms with Gasteiger partial charge >= 0.3 is 5.63 Å². The van der Waals surface area contributed by atoms with Gasteiger partial charge in [0.2, 0.25) is 5.82 Å². The lowest BCUT2D eigenvalue weighted by molar-refractivity contribution is 0.559. The Balaban J connectivity index is 2.93. The van der Waals surface area contributed by atoms with Crippen molar-refractivity contribution in [1.29, 1.82) is 0 Å². The Labute approximate surface area is 67.6 Å². The lowest BCUT2D eigenvalue weighted by Gasteiger charge is -1.94. The van der Waals surface area contributed by atoms with Crippen LogP contribution in [-0.4, -0.2) is 4.98 Å². The van der Waals surface area contributed by atoms with Crippen LogP contribution < -0.4 is 11.4 Å². The van der Waals surface area contributed by atoms with Crippen molar-refractivity contribution in [2.24, 2.45) is 0 Å². The Morgan fingerprint density at radius 3 is 2.92 bits per heavy atom. The minimum atomic E-state index is -0.589. The van der Waals surface area contributed by atoms with E-state index in [1.165, 1.54) is 0 Å². The van der Waals surface area contributed by atoms with Crippen LogP contribution in [0.2, 0.25) is 0 Å². The molecule has 12 heavy (non-hydrogen) atoms. The van der Waals surface area contributed by atoms with Crippen LogP contribution in [0.1, 0.15) is 0 Å². The summed E-state index contributed by atoms with van der Waals surface area (Å²) in [5, 5.41) is 0. The molecule has 1 aromatic carbocycles. The molecule has 2 aromatic rings. The average Bonchev–Trinajstić information content (AvgIpc) is 2.07. The Hall–Kier alpha value is -1.84. The molecular weight excluding hydrogens is 156 g/mol. The maximum absolute atomic E-state index is 10.9. The highest BCUT2D eigenvalue weighted by Crippen LogP contribution is 2.08. The van der Waals surface area contributed by atoms with Gasteiger partial charge in [0.15, 0.2) is 5.58 Å². The third kappa shape index (κ3) is 0.934. The van der Waals surface area contributed by atoms with Crippen LogP contribution in [0.3, 0.4) is 0 Å². The van der Waals surface area contributed by atoms with Crippen LogP contribution in [0, 0.1) is 0 Å². The number of nitrogens with two attached hydrogens (primary N) is 1. The standard InChI is InChI=1S/C8H6N2O2/c9-7-8(11)12-6-4-2-1-3-5(6)10-7/h1-4H,(H2,9,10). The lowest BCUT2D eigenvalue weighted by atomic mass is 10.3. The van der Waals surface area contributed by atoms with Gasteiger partial charge in [-0.25, -0.2) is 9.78 Å². The first-order chi connectivity index (χ1) is 5.77. The summed E-state index contributed by atoms with van der Waals surface area (Å²) in [6.45, 7) is 0. The van der Waals surface area contributed by atoms with E-state index < -0.39 is 5.63 Å². The van der Waals surface area contributed by atoms with E-state index in [0.29, 0.717) is 11.1 Å². The van der Waals surface area contributed by atoms with Gasteiger partial charge in [-0.1, -0.05) is 12.1 Å². The van der Waals surface area contributed by atoms with Gasteiger partial charge in [0.25, 0.3) is 0 Å². The number of anilines is 1. The monoisotopic (exact) mass is 162 g/mol. The molecule has 4 heteroatoms. The van der Waals surface area contributed by atoms with Gasteiger partial charge < -0.3 is 10.2 Å². The first kappa shape index (κ1) is 6.84. The molecule has 0 saturated carbocycles. The predicted molar refractivity (Wildman–Crippen MR) is 44.7 cm³/mol. The topological polar surface area (TPSA) is 69.1 Å². The van der Waals surface area contributed by atoms with Crippen molar-refractivity contribution in [3.05, 3.63) is 34.7 Å². The summed E-state index contributed by atoms with van der Waals surface area (Å²) in [5.74, 6) is -0.103. The third-order valence-corrected chi connectivity index (χ3v) is 1.52. The second-order valence-electron chi connectivity index (χ2n) is 2.35. The van der Waals surface area contributed by atoms with Crippen molar-refractivity contribution in [2.75, 3.05) is 5.73 Å². The first-order valence-corrected chi connectivity index (χ1v) is 3.43. The van der Waals surface area contributed by atoms with E-state index in [2.05, 4.69) is 4.98 Å². The van der Waals surface area contributed by atoms with Crippen molar-refractivity contribution in [2.45, 2.75) is 0 Å². The largest absolute Gasteiger partial charge is 0.418 e. The number of nitrogen functional groups attached to an aromatic ring is 1. The van der Waals surface area contributed by atoms with Gasteiger partial charge in [-0.2, -0.15) is 0 Å². The van der Waals surface area contributed by atoms with Gasteiger partial charge in [-0.05, 0) is 12.1 Å². The highest BCUT2D eigenvalue weighted by atomic mass is 16.4. The maximum Gasteiger partial charge on any atom is 0.379 e. The van der Waals surface area contributed by atoms with Crippen molar-refractivity contribution in [3.8, 4) is 0 Å². The summed E-state index contributed by atoms with van der Waals surface area (Å²) in [6, 6.07) is 6.97. The highest BCUT2D eigenvalue weighted by Gasteiger charge is 2.00. The van der Waals surface area contributed by atoms with Crippen molar-refractivity contribution in [1.82, 2.24) is 4.98 Å². The first-order valence-electron chi connectivity index (χ1n) is 3.43. The lowest BCUT2D eigenvalue weighted by Crippen LogP contribution is -2.08. The fourth-order valence-electron chi connectivity index (χ4n) is 0.963.